The van der Waals surface area contributed by atoms with Gasteiger partial charge in [0.15, 0.2) is 0 Å². The summed E-state index contributed by atoms with van der Waals surface area (Å²) in [7, 11) is 0. The van der Waals surface area contributed by atoms with Gasteiger partial charge in [-0.05, 0) is 35.2 Å². The number of amides is 2. The van der Waals surface area contributed by atoms with Crippen molar-refractivity contribution in [1.29, 1.82) is 0 Å². The highest BCUT2D eigenvalue weighted by Gasteiger charge is 2.30. The maximum absolute atomic E-state index is 13.6. The molecule has 0 heterocycles. The molecule has 0 aromatic heterocycles. The molecule has 2 amide bonds. The van der Waals surface area contributed by atoms with Crippen molar-refractivity contribution in [1.82, 2.24) is 10.2 Å². The third-order valence-corrected chi connectivity index (χ3v) is 5.96. The van der Waals surface area contributed by atoms with E-state index < -0.39 is 6.04 Å². The second kappa shape index (κ2) is 12.4. The maximum atomic E-state index is 13.6. The van der Waals surface area contributed by atoms with E-state index in [2.05, 4.69) is 5.32 Å². The van der Waals surface area contributed by atoms with E-state index in [1.54, 1.807) is 23.1 Å². The molecule has 0 saturated heterocycles. The molecular weight excluding hydrogens is 455 g/mol. The molecule has 172 valence electrons. The van der Waals surface area contributed by atoms with Crippen LogP contribution < -0.4 is 5.32 Å². The second-order valence-electron chi connectivity index (χ2n) is 7.92. The molecule has 0 aliphatic heterocycles. The Morgan fingerprint density at radius 2 is 1.55 bits per heavy atom. The van der Waals surface area contributed by atoms with Crippen LogP contribution in [0, 0.1) is 0 Å². The van der Waals surface area contributed by atoms with Gasteiger partial charge < -0.3 is 10.2 Å². The van der Waals surface area contributed by atoms with E-state index >= 15 is 0 Å². The molecule has 3 aromatic carbocycles. The summed E-state index contributed by atoms with van der Waals surface area (Å²) in [5.41, 5.74) is 2.61. The molecular formula is C27H28Cl2N2O2. The standard InChI is InChI=1S/C27H28Cl2N2O2/c1-2-15-30-27(33)25(16-20-9-5-3-6-10-20)31(19-22-13-14-23(28)18-24(22)29)26(32)17-21-11-7-4-8-12-21/h3-14,18,25H,2,15-17,19H2,1H3,(H,30,33)/t25-/m0/s1. The Morgan fingerprint density at radius 3 is 2.15 bits per heavy atom. The summed E-state index contributed by atoms with van der Waals surface area (Å²) in [4.78, 5) is 28.5. The van der Waals surface area contributed by atoms with Gasteiger partial charge in [-0.2, -0.15) is 0 Å². The van der Waals surface area contributed by atoms with E-state index in [4.69, 9.17) is 23.2 Å². The Labute approximate surface area is 205 Å². The van der Waals surface area contributed by atoms with Crippen LogP contribution in [0.4, 0.5) is 0 Å². The third kappa shape index (κ3) is 7.34. The lowest BCUT2D eigenvalue weighted by atomic mass is 10.0. The van der Waals surface area contributed by atoms with Crippen molar-refractivity contribution >= 4 is 35.0 Å². The number of hydrogen-bond acceptors (Lipinski definition) is 2. The summed E-state index contributed by atoms with van der Waals surface area (Å²) in [6.07, 6.45) is 1.41. The number of rotatable bonds is 10. The fraction of sp³-hybridized carbons (Fsp3) is 0.259. The smallest absolute Gasteiger partial charge is 0.243 e. The van der Waals surface area contributed by atoms with Gasteiger partial charge in [0, 0.05) is 29.6 Å². The monoisotopic (exact) mass is 482 g/mol. The molecule has 0 radical (unpaired) electrons. The lowest BCUT2D eigenvalue weighted by Gasteiger charge is -2.32. The molecule has 0 bridgehead atoms. The van der Waals surface area contributed by atoms with Crippen molar-refractivity contribution in [3.8, 4) is 0 Å². The van der Waals surface area contributed by atoms with E-state index in [1.165, 1.54) is 0 Å². The first-order valence-corrected chi connectivity index (χ1v) is 11.8. The van der Waals surface area contributed by atoms with Crippen molar-refractivity contribution in [2.75, 3.05) is 6.54 Å². The minimum absolute atomic E-state index is 0.139. The van der Waals surface area contributed by atoms with E-state index in [1.807, 2.05) is 67.6 Å². The van der Waals surface area contributed by atoms with E-state index in [9.17, 15) is 9.59 Å². The van der Waals surface area contributed by atoms with Gasteiger partial charge in [0.05, 0.1) is 6.42 Å². The zero-order valence-corrected chi connectivity index (χ0v) is 20.1. The average molecular weight is 483 g/mol. The number of carbonyl (C=O) groups is 2. The molecule has 4 nitrogen and oxygen atoms in total. The van der Waals surface area contributed by atoms with E-state index in [0.29, 0.717) is 23.0 Å². The predicted octanol–water partition coefficient (Wildman–Crippen LogP) is 5.70. The predicted molar refractivity (Wildman–Crippen MR) is 134 cm³/mol. The number of carbonyl (C=O) groups excluding carboxylic acids is 2. The molecule has 0 saturated carbocycles. The fourth-order valence-electron chi connectivity index (χ4n) is 3.63. The Bertz CT molecular complexity index is 1060. The van der Waals surface area contributed by atoms with Gasteiger partial charge in [-0.1, -0.05) is 96.9 Å². The number of halogens is 2. The average Bonchev–Trinajstić information content (AvgIpc) is 2.82. The molecule has 0 unspecified atom stereocenters. The summed E-state index contributed by atoms with van der Waals surface area (Å²) in [5.74, 6) is -0.313. The Balaban J connectivity index is 1.97. The van der Waals surface area contributed by atoms with E-state index in [-0.39, 0.29) is 24.8 Å². The topological polar surface area (TPSA) is 49.4 Å². The molecule has 33 heavy (non-hydrogen) atoms. The van der Waals surface area contributed by atoms with Crippen LogP contribution in [-0.4, -0.2) is 29.3 Å². The summed E-state index contributed by atoms with van der Waals surface area (Å²) < 4.78 is 0. The molecule has 0 aliphatic carbocycles. The lowest BCUT2D eigenvalue weighted by Crippen LogP contribution is -2.51. The van der Waals surface area contributed by atoms with Gasteiger partial charge in [0.1, 0.15) is 6.04 Å². The van der Waals surface area contributed by atoms with Crippen LogP contribution in [-0.2, 0) is 29.0 Å². The van der Waals surface area contributed by atoms with Gasteiger partial charge in [0.25, 0.3) is 0 Å². The summed E-state index contributed by atoms with van der Waals surface area (Å²) in [6.45, 7) is 2.75. The highest BCUT2D eigenvalue weighted by molar-refractivity contribution is 6.35. The van der Waals surface area contributed by atoms with Gasteiger partial charge in [-0.3, -0.25) is 9.59 Å². The van der Waals surface area contributed by atoms with Crippen LogP contribution in [0.3, 0.4) is 0 Å². The Kier molecular flexibility index (Phi) is 9.35. The van der Waals surface area contributed by atoms with Crippen LogP contribution in [0.5, 0.6) is 0 Å². The molecule has 3 rings (SSSR count). The molecule has 6 heteroatoms. The van der Waals surface area contributed by atoms with Crippen molar-refractivity contribution in [2.24, 2.45) is 0 Å². The van der Waals surface area contributed by atoms with Crippen LogP contribution in [0.15, 0.2) is 78.9 Å². The lowest BCUT2D eigenvalue weighted by molar-refractivity contribution is -0.140. The second-order valence-corrected chi connectivity index (χ2v) is 8.76. The molecule has 0 aliphatic rings. The van der Waals surface area contributed by atoms with Crippen LogP contribution in [0.2, 0.25) is 10.0 Å². The van der Waals surface area contributed by atoms with Crippen molar-refractivity contribution in [3.05, 3.63) is 106 Å². The van der Waals surface area contributed by atoms with Gasteiger partial charge in [-0.25, -0.2) is 0 Å². The molecule has 1 atom stereocenters. The molecule has 0 fully saturated rings. The normalized spacial score (nSPS) is 11.6. The minimum atomic E-state index is -0.679. The first kappa shape index (κ1) is 24.8. The summed E-state index contributed by atoms with van der Waals surface area (Å²) in [6, 6.07) is 23.8. The zero-order valence-electron chi connectivity index (χ0n) is 18.6. The third-order valence-electron chi connectivity index (χ3n) is 5.37. The highest BCUT2D eigenvalue weighted by Crippen LogP contribution is 2.24. The quantitative estimate of drug-likeness (QED) is 0.402. The van der Waals surface area contributed by atoms with Crippen LogP contribution in [0.1, 0.15) is 30.0 Å². The van der Waals surface area contributed by atoms with Crippen molar-refractivity contribution in [2.45, 2.75) is 38.8 Å². The fourth-order valence-corrected chi connectivity index (χ4v) is 4.09. The van der Waals surface area contributed by atoms with Crippen molar-refractivity contribution < 1.29 is 9.59 Å². The highest BCUT2D eigenvalue weighted by atomic mass is 35.5. The van der Waals surface area contributed by atoms with Gasteiger partial charge in [0.2, 0.25) is 11.8 Å². The van der Waals surface area contributed by atoms with Crippen LogP contribution >= 0.6 is 23.2 Å². The number of nitrogens with one attached hydrogen (secondary N) is 1. The number of benzene rings is 3. The Hall–Kier alpha value is -2.82. The van der Waals surface area contributed by atoms with Crippen LogP contribution in [0.25, 0.3) is 0 Å². The molecule has 1 N–H and O–H groups in total. The number of hydrogen-bond donors (Lipinski definition) is 1. The van der Waals surface area contributed by atoms with Crippen molar-refractivity contribution in [3.63, 3.8) is 0 Å². The first-order chi connectivity index (χ1) is 16.0. The molecule has 0 spiro atoms. The zero-order chi connectivity index (χ0) is 23.6. The van der Waals surface area contributed by atoms with E-state index in [0.717, 1.165) is 23.1 Å². The maximum Gasteiger partial charge on any atom is 0.243 e. The first-order valence-electron chi connectivity index (χ1n) is 11.1. The number of nitrogens with zero attached hydrogens (tertiary/aromatic N) is 1. The SMILES string of the molecule is CCCNC(=O)[C@H](Cc1ccccc1)N(Cc1ccc(Cl)cc1Cl)C(=O)Cc1ccccc1. The van der Waals surface area contributed by atoms with Gasteiger partial charge in [-0.15, -0.1) is 0 Å². The Morgan fingerprint density at radius 1 is 0.909 bits per heavy atom. The minimum Gasteiger partial charge on any atom is -0.354 e. The summed E-state index contributed by atoms with van der Waals surface area (Å²) in [5, 5.41) is 3.96. The largest absolute Gasteiger partial charge is 0.354 e. The summed E-state index contributed by atoms with van der Waals surface area (Å²) >= 11 is 12.5. The molecule has 3 aromatic rings. The van der Waals surface area contributed by atoms with Gasteiger partial charge >= 0.3 is 0 Å².